The Bertz CT molecular complexity index is 557. The van der Waals surface area contributed by atoms with Crippen molar-refractivity contribution < 1.29 is 11.0 Å². The Morgan fingerprint density at radius 2 is 1.79 bits per heavy atom. The SMILES string of the molecule is CCC(C)N1CCN(CCC(=O)N2CCC3(CC(NC(=O)C(C)C)C3)C2)CC1.[HH]. The van der Waals surface area contributed by atoms with Gasteiger partial charge in [-0.05, 0) is 38.0 Å². The van der Waals surface area contributed by atoms with Crippen molar-refractivity contribution in [2.75, 3.05) is 45.8 Å². The molecule has 0 bridgehead atoms. The fraction of sp³-hybridized carbons (Fsp3) is 0.909. The van der Waals surface area contributed by atoms with E-state index in [0.717, 1.165) is 65.1 Å². The lowest BCUT2D eigenvalue weighted by atomic mass is 9.65. The first-order valence-corrected chi connectivity index (χ1v) is 11.4. The molecule has 1 saturated carbocycles. The van der Waals surface area contributed by atoms with Gasteiger partial charge in [-0.3, -0.25) is 14.5 Å². The predicted octanol–water partition coefficient (Wildman–Crippen LogP) is 2.19. The monoisotopic (exact) mass is 394 g/mol. The molecule has 2 amide bonds. The average Bonchev–Trinajstić information content (AvgIpc) is 3.11. The molecule has 2 heterocycles. The van der Waals surface area contributed by atoms with Crippen molar-refractivity contribution in [3.05, 3.63) is 0 Å². The largest absolute Gasteiger partial charge is 0.353 e. The molecule has 28 heavy (non-hydrogen) atoms. The van der Waals surface area contributed by atoms with Crippen LogP contribution in [-0.2, 0) is 9.59 Å². The van der Waals surface area contributed by atoms with Crippen molar-refractivity contribution in [3.63, 3.8) is 0 Å². The van der Waals surface area contributed by atoms with E-state index < -0.39 is 0 Å². The number of carbonyl (C=O) groups is 2. The van der Waals surface area contributed by atoms with E-state index in [1.54, 1.807) is 0 Å². The number of hydrogen-bond acceptors (Lipinski definition) is 4. The molecule has 1 unspecified atom stereocenters. The second-order valence-corrected chi connectivity index (χ2v) is 9.72. The second-order valence-electron chi connectivity index (χ2n) is 9.72. The molecule has 162 valence electrons. The smallest absolute Gasteiger partial charge is 0.223 e. The van der Waals surface area contributed by atoms with Gasteiger partial charge in [0, 0.05) is 71.7 Å². The van der Waals surface area contributed by atoms with E-state index in [1.807, 2.05) is 13.8 Å². The van der Waals surface area contributed by atoms with Crippen LogP contribution in [0.25, 0.3) is 0 Å². The zero-order chi connectivity index (χ0) is 20.3. The van der Waals surface area contributed by atoms with Crippen LogP contribution in [0.4, 0.5) is 0 Å². The molecule has 1 atom stereocenters. The zero-order valence-electron chi connectivity index (χ0n) is 18.4. The summed E-state index contributed by atoms with van der Waals surface area (Å²) in [6.07, 6.45) is 5.02. The molecule has 2 aliphatic heterocycles. The minimum Gasteiger partial charge on any atom is -0.353 e. The number of piperazine rings is 1. The summed E-state index contributed by atoms with van der Waals surface area (Å²) in [5, 5.41) is 3.14. The topological polar surface area (TPSA) is 55.9 Å². The fourth-order valence-electron chi connectivity index (χ4n) is 5.03. The lowest BCUT2D eigenvalue weighted by Gasteiger charge is -2.45. The predicted molar refractivity (Wildman–Crippen MR) is 114 cm³/mol. The van der Waals surface area contributed by atoms with Crippen LogP contribution in [0.1, 0.15) is 61.2 Å². The first-order valence-electron chi connectivity index (χ1n) is 11.4. The van der Waals surface area contributed by atoms with Crippen molar-refractivity contribution in [2.45, 2.75) is 71.9 Å². The first-order chi connectivity index (χ1) is 13.3. The molecular formula is C22H42N4O2. The zero-order valence-corrected chi connectivity index (χ0v) is 18.4. The Morgan fingerprint density at radius 1 is 1.11 bits per heavy atom. The number of hydrogen-bond donors (Lipinski definition) is 1. The molecule has 1 aliphatic carbocycles. The molecule has 6 nitrogen and oxygen atoms in total. The van der Waals surface area contributed by atoms with E-state index in [2.05, 4.69) is 33.9 Å². The molecule has 3 aliphatic rings. The van der Waals surface area contributed by atoms with Crippen LogP contribution in [0.3, 0.4) is 0 Å². The number of nitrogens with zero attached hydrogens (tertiary/aromatic N) is 3. The van der Waals surface area contributed by atoms with E-state index in [4.69, 9.17) is 0 Å². The number of nitrogens with one attached hydrogen (secondary N) is 1. The quantitative estimate of drug-likeness (QED) is 0.719. The molecule has 0 aromatic rings. The molecule has 6 heteroatoms. The summed E-state index contributed by atoms with van der Waals surface area (Å²) in [6, 6.07) is 0.980. The van der Waals surface area contributed by atoms with E-state index >= 15 is 0 Å². The molecule has 0 radical (unpaired) electrons. The summed E-state index contributed by atoms with van der Waals surface area (Å²) in [4.78, 5) is 31.6. The van der Waals surface area contributed by atoms with Crippen molar-refractivity contribution in [3.8, 4) is 0 Å². The van der Waals surface area contributed by atoms with Crippen molar-refractivity contribution >= 4 is 11.8 Å². The number of likely N-dealkylation sites (tertiary alicyclic amines) is 1. The number of amides is 2. The maximum Gasteiger partial charge on any atom is 0.223 e. The number of rotatable bonds is 7. The Hall–Kier alpha value is -1.14. The van der Waals surface area contributed by atoms with Crippen LogP contribution in [0, 0.1) is 11.3 Å². The first kappa shape index (κ1) is 21.6. The van der Waals surface area contributed by atoms with Crippen molar-refractivity contribution in [2.24, 2.45) is 11.3 Å². The van der Waals surface area contributed by atoms with Crippen LogP contribution in [0.5, 0.6) is 0 Å². The Kier molecular flexibility index (Phi) is 7.02. The van der Waals surface area contributed by atoms with Crippen LogP contribution < -0.4 is 5.32 Å². The molecule has 3 rings (SSSR count). The van der Waals surface area contributed by atoms with E-state index in [1.165, 1.54) is 6.42 Å². The van der Waals surface area contributed by atoms with Crippen LogP contribution in [0.15, 0.2) is 0 Å². The lowest BCUT2D eigenvalue weighted by molar-refractivity contribution is -0.132. The summed E-state index contributed by atoms with van der Waals surface area (Å²) < 4.78 is 0. The highest BCUT2D eigenvalue weighted by atomic mass is 16.2. The maximum absolute atomic E-state index is 12.7. The standard InChI is InChI=1S/C22H40N4O2.H2/c1-5-18(4)25-12-10-24(11-13-25)8-6-20(27)26-9-7-22(16-26)14-19(15-22)23-21(28)17(2)3;/h17-19H,5-16H2,1-4H3,(H,23,28);1H. The van der Waals surface area contributed by atoms with Gasteiger partial charge >= 0.3 is 0 Å². The van der Waals surface area contributed by atoms with Crippen molar-refractivity contribution in [1.82, 2.24) is 20.0 Å². The van der Waals surface area contributed by atoms with Gasteiger partial charge in [-0.25, -0.2) is 0 Å². The molecule has 0 aromatic heterocycles. The summed E-state index contributed by atoms with van der Waals surface area (Å²) in [6.45, 7) is 15.5. The van der Waals surface area contributed by atoms with Gasteiger partial charge in [0.2, 0.25) is 11.8 Å². The Labute approximate surface area is 172 Å². The fourth-order valence-corrected chi connectivity index (χ4v) is 5.03. The third-order valence-corrected chi connectivity index (χ3v) is 7.28. The van der Waals surface area contributed by atoms with Gasteiger partial charge in [-0.2, -0.15) is 0 Å². The van der Waals surface area contributed by atoms with Gasteiger partial charge in [0.15, 0.2) is 0 Å². The summed E-state index contributed by atoms with van der Waals surface area (Å²) in [5.74, 6) is 0.514. The highest BCUT2D eigenvalue weighted by molar-refractivity contribution is 5.78. The Morgan fingerprint density at radius 3 is 2.39 bits per heavy atom. The summed E-state index contributed by atoms with van der Waals surface area (Å²) in [5.41, 5.74) is 0.270. The lowest BCUT2D eigenvalue weighted by Crippen LogP contribution is -2.53. The highest BCUT2D eigenvalue weighted by Crippen LogP contribution is 2.48. The summed E-state index contributed by atoms with van der Waals surface area (Å²) >= 11 is 0. The minimum absolute atomic E-state index is 0. The van der Waals surface area contributed by atoms with Gasteiger partial charge in [0.25, 0.3) is 0 Å². The van der Waals surface area contributed by atoms with E-state index in [-0.39, 0.29) is 18.7 Å². The van der Waals surface area contributed by atoms with Gasteiger partial charge in [-0.1, -0.05) is 20.8 Å². The van der Waals surface area contributed by atoms with Crippen LogP contribution in [-0.4, -0.2) is 84.4 Å². The van der Waals surface area contributed by atoms with Gasteiger partial charge in [0.05, 0.1) is 0 Å². The van der Waals surface area contributed by atoms with E-state index in [9.17, 15) is 9.59 Å². The Balaban J connectivity index is 0.00000300. The number of carbonyl (C=O) groups excluding carboxylic acids is 2. The van der Waals surface area contributed by atoms with Crippen LogP contribution >= 0.6 is 0 Å². The summed E-state index contributed by atoms with van der Waals surface area (Å²) in [7, 11) is 0. The molecule has 0 aromatic carbocycles. The van der Waals surface area contributed by atoms with E-state index in [0.29, 0.717) is 24.4 Å². The van der Waals surface area contributed by atoms with Gasteiger partial charge < -0.3 is 15.1 Å². The normalized spacial score (nSPS) is 29.9. The third-order valence-electron chi connectivity index (χ3n) is 7.28. The molecular weight excluding hydrogens is 352 g/mol. The highest BCUT2D eigenvalue weighted by Gasteiger charge is 2.49. The molecule has 1 spiro atoms. The molecule has 1 N–H and O–H groups in total. The third kappa shape index (κ3) is 5.07. The second kappa shape index (κ2) is 9.12. The van der Waals surface area contributed by atoms with Crippen molar-refractivity contribution in [1.29, 1.82) is 0 Å². The van der Waals surface area contributed by atoms with Crippen LogP contribution in [0.2, 0.25) is 0 Å². The maximum atomic E-state index is 12.7. The average molecular weight is 395 g/mol. The van der Waals surface area contributed by atoms with Gasteiger partial charge in [0.1, 0.15) is 0 Å². The van der Waals surface area contributed by atoms with Gasteiger partial charge in [-0.15, -0.1) is 0 Å². The minimum atomic E-state index is 0. The molecule has 2 saturated heterocycles. The molecule has 3 fully saturated rings.